The van der Waals surface area contributed by atoms with Crippen LogP contribution in [0.25, 0.3) is 0 Å². The lowest BCUT2D eigenvalue weighted by Gasteiger charge is -2.14. The largest absolute Gasteiger partial charge is 0.370 e. The van der Waals surface area contributed by atoms with E-state index in [4.69, 9.17) is 22.1 Å². The minimum absolute atomic E-state index is 0.141. The second-order valence-electron chi connectivity index (χ2n) is 3.36. The number of nitrogens with one attached hydrogen (secondary N) is 1. The fourth-order valence-corrected chi connectivity index (χ4v) is 1.44. The molecule has 1 rings (SSSR count). The molecule has 0 aliphatic carbocycles. The summed E-state index contributed by atoms with van der Waals surface area (Å²) < 4.78 is 4.93. The summed E-state index contributed by atoms with van der Waals surface area (Å²) in [7, 11) is 1.45. The summed E-state index contributed by atoms with van der Waals surface area (Å²) in [5.41, 5.74) is 6.89. The highest BCUT2D eigenvalue weighted by Gasteiger charge is 2.16. The number of rotatable bonds is 4. The minimum atomic E-state index is -0.640. The van der Waals surface area contributed by atoms with E-state index < -0.39 is 6.10 Å². The molecule has 3 N–H and O–H groups in total. The smallest absolute Gasteiger partial charge is 0.254 e. The Bertz CT molecular complexity index is 378. The van der Waals surface area contributed by atoms with Crippen molar-refractivity contribution in [1.29, 1.82) is 0 Å². The van der Waals surface area contributed by atoms with Gasteiger partial charge in [-0.15, -0.1) is 0 Å². The van der Waals surface area contributed by atoms with Crippen molar-refractivity contribution in [3.63, 3.8) is 0 Å². The second kappa shape index (κ2) is 5.84. The van der Waals surface area contributed by atoms with Crippen LogP contribution in [0.4, 0.5) is 5.69 Å². The predicted molar refractivity (Wildman–Crippen MR) is 64.7 cm³/mol. The summed E-state index contributed by atoms with van der Waals surface area (Å²) in [6, 6.07) is 5.32. The van der Waals surface area contributed by atoms with Gasteiger partial charge in [-0.25, -0.2) is 0 Å². The molecular formula is C11H15ClN2O2. The topological polar surface area (TPSA) is 64.3 Å². The van der Waals surface area contributed by atoms with Gasteiger partial charge in [0.25, 0.3) is 5.91 Å². The van der Waals surface area contributed by atoms with Gasteiger partial charge in [-0.2, -0.15) is 0 Å². The molecule has 0 radical (unpaired) electrons. The summed E-state index contributed by atoms with van der Waals surface area (Å²) in [5.74, 6) is -0.268. The van der Waals surface area contributed by atoms with E-state index in [0.29, 0.717) is 10.7 Å². The fraction of sp³-hybridized carbons (Fsp3) is 0.364. The summed E-state index contributed by atoms with van der Waals surface area (Å²) in [4.78, 5) is 11.7. The molecule has 1 unspecified atom stereocenters. The van der Waals surface area contributed by atoms with Gasteiger partial charge in [-0.3, -0.25) is 4.79 Å². The lowest BCUT2D eigenvalue weighted by atomic mass is 10.2. The molecule has 0 aromatic heterocycles. The first kappa shape index (κ1) is 13.0. The van der Waals surface area contributed by atoms with E-state index in [0.717, 1.165) is 5.56 Å². The molecule has 4 nitrogen and oxygen atoms in total. The van der Waals surface area contributed by atoms with Crippen molar-refractivity contribution in [2.45, 2.75) is 13.0 Å². The Balaban J connectivity index is 2.80. The number of methoxy groups -OCH3 is 1. The van der Waals surface area contributed by atoms with Crippen molar-refractivity contribution in [3.8, 4) is 0 Å². The maximum atomic E-state index is 11.7. The molecule has 0 bridgehead atoms. The number of amides is 1. The fourth-order valence-electron chi connectivity index (χ4n) is 1.27. The minimum Gasteiger partial charge on any atom is -0.370 e. The van der Waals surface area contributed by atoms with Gasteiger partial charge in [-0.1, -0.05) is 17.7 Å². The van der Waals surface area contributed by atoms with Gasteiger partial charge in [-0.05, 0) is 24.6 Å². The summed E-state index contributed by atoms with van der Waals surface area (Å²) in [6.07, 6.45) is -0.640. The highest BCUT2D eigenvalue weighted by atomic mass is 35.5. The Morgan fingerprint density at radius 2 is 2.31 bits per heavy atom. The highest BCUT2D eigenvalue weighted by molar-refractivity contribution is 6.31. The van der Waals surface area contributed by atoms with Gasteiger partial charge in [0.2, 0.25) is 0 Å². The molecule has 1 aromatic carbocycles. The van der Waals surface area contributed by atoms with Crippen LogP contribution in [0.15, 0.2) is 18.2 Å². The molecule has 0 saturated heterocycles. The van der Waals surface area contributed by atoms with Crippen molar-refractivity contribution in [1.82, 2.24) is 0 Å². The van der Waals surface area contributed by atoms with Crippen LogP contribution in [0.2, 0.25) is 5.02 Å². The van der Waals surface area contributed by atoms with Crippen molar-refractivity contribution < 1.29 is 9.53 Å². The van der Waals surface area contributed by atoms with E-state index in [9.17, 15) is 4.79 Å². The first-order chi connectivity index (χ1) is 7.60. The van der Waals surface area contributed by atoms with Gasteiger partial charge >= 0.3 is 0 Å². The molecule has 1 aromatic rings. The number of benzene rings is 1. The third-order valence-electron chi connectivity index (χ3n) is 2.32. The molecule has 0 aliphatic heterocycles. The van der Waals surface area contributed by atoms with Crippen LogP contribution in [0.1, 0.15) is 5.56 Å². The van der Waals surface area contributed by atoms with E-state index in [1.165, 1.54) is 7.11 Å². The van der Waals surface area contributed by atoms with E-state index in [1.807, 2.05) is 6.92 Å². The van der Waals surface area contributed by atoms with E-state index in [1.54, 1.807) is 18.2 Å². The van der Waals surface area contributed by atoms with Gasteiger partial charge in [0, 0.05) is 24.4 Å². The van der Waals surface area contributed by atoms with Crippen molar-refractivity contribution in [3.05, 3.63) is 28.8 Å². The van der Waals surface area contributed by atoms with E-state index >= 15 is 0 Å². The molecule has 16 heavy (non-hydrogen) atoms. The Labute approximate surface area is 99.7 Å². The molecule has 0 saturated carbocycles. The SMILES string of the molecule is COC(CN)C(=O)Nc1cccc(Cl)c1C. The molecule has 0 aliphatic rings. The molecule has 0 spiro atoms. The molecule has 5 heteroatoms. The van der Waals surface area contributed by atoms with E-state index in [-0.39, 0.29) is 12.5 Å². The van der Waals surface area contributed by atoms with Crippen LogP contribution < -0.4 is 11.1 Å². The zero-order chi connectivity index (χ0) is 12.1. The number of halogens is 1. The average Bonchev–Trinajstić information content (AvgIpc) is 2.26. The first-order valence-corrected chi connectivity index (χ1v) is 5.26. The predicted octanol–water partition coefficient (Wildman–Crippen LogP) is 1.56. The van der Waals surface area contributed by atoms with Crippen LogP contribution in [0.5, 0.6) is 0 Å². The maximum Gasteiger partial charge on any atom is 0.254 e. The zero-order valence-corrected chi connectivity index (χ0v) is 10.0. The maximum absolute atomic E-state index is 11.7. The Hall–Kier alpha value is -1.10. The van der Waals surface area contributed by atoms with Gasteiger partial charge in [0.1, 0.15) is 6.10 Å². The summed E-state index contributed by atoms with van der Waals surface area (Å²) >= 11 is 5.94. The molecule has 88 valence electrons. The molecular weight excluding hydrogens is 228 g/mol. The normalized spacial score (nSPS) is 12.2. The van der Waals surface area contributed by atoms with Gasteiger partial charge < -0.3 is 15.8 Å². The Morgan fingerprint density at radius 1 is 1.62 bits per heavy atom. The molecule has 0 heterocycles. The third-order valence-corrected chi connectivity index (χ3v) is 2.73. The van der Waals surface area contributed by atoms with E-state index in [2.05, 4.69) is 5.32 Å². The van der Waals surface area contributed by atoms with Crippen LogP contribution in [-0.2, 0) is 9.53 Å². The Morgan fingerprint density at radius 3 is 2.88 bits per heavy atom. The van der Waals surface area contributed by atoms with Crippen LogP contribution >= 0.6 is 11.6 Å². The quantitative estimate of drug-likeness (QED) is 0.842. The van der Waals surface area contributed by atoms with Crippen molar-refractivity contribution >= 4 is 23.2 Å². The number of anilines is 1. The standard InChI is InChI=1S/C11H15ClN2O2/c1-7-8(12)4-3-5-9(7)14-11(15)10(6-13)16-2/h3-5,10H,6,13H2,1-2H3,(H,14,15). The van der Waals surface area contributed by atoms with Crippen LogP contribution in [0.3, 0.4) is 0 Å². The van der Waals surface area contributed by atoms with Gasteiger partial charge in [0.15, 0.2) is 0 Å². The third kappa shape index (κ3) is 2.95. The second-order valence-corrected chi connectivity index (χ2v) is 3.77. The number of nitrogens with two attached hydrogens (primary N) is 1. The Kier molecular flexibility index (Phi) is 4.73. The first-order valence-electron chi connectivity index (χ1n) is 4.89. The number of ether oxygens (including phenoxy) is 1. The number of carbonyl (C=O) groups excluding carboxylic acids is 1. The van der Waals surface area contributed by atoms with Crippen molar-refractivity contribution in [2.75, 3.05) is 19.0 Å². The monoisotopic (exact) mass is 242 g/mol. The summed E-state index contributed by atoms with van der Waals surface area (Å²) in [5, 5.41) is 3.34. The zero-order valence-electron chi connectivity index (χ0n) is 9.29. The van der Waals surface area contributed by atoms with Crippen molar-refractivity contribution in [2.24, 2.45) is 5.73 Å². The van der Waals surface area contributed by atoms with Crippen LogP contribution in [-0.4, -0.2) is 25.7 Å². The molecule has 0 fully saturated rings. The highest BCUT2D eigenvalue weighted by Crippen LogP contribution is 2.22. The van der Waals surface area contributed by atoms with Crippen LogP contribution in [0, 0.1) is 6.92 Å². The van der Waals surface area contributed by atoms with Gasteiger partial charge in [0.05, 0.1) is 0 Å². The average molecular weight is 243 g/mol. The lowest BCUT2D eigenvalue weighted by molar-refractivity contribution is -0.125. The molecule has 1 amide bonds. The molecule has 1 atom stereocenters. The number of hydrogen-bond acceptors (Lipinski definition) is 3. The lowest BCUT2D eigenvalue weighted by Crippen LogP contribution is -2.36. The number of carbonyl (C=O) groups is 1. The number of hydrogen-bond donors (Lipinski definition) is 2. The summed E-state index contributed by atoms with van der Waals surface area (Å²) in [6.45, 7) is 1.98.